The number of sulfonamides is 1. The normalized spacial score (nSPS) is 12.7. The molecule has 0 aliphatic heterocycles. The third kappa shape index (κ3) is 5.96. The summed E-state index contributed by atoms with van der Waals surface area (Å²) in [5.74, 6) is -1.12. The maximum absolute atomic E-state index is 13.4. The Hall–Kier alpha value is -3.24. The zero-order chi connectivity index (χ0) is 24.2. The van der Waals surface area contributed by atoms with Crippen LogP contribution in [-0.4, -0.2) is 35.5 Å². The number of hydrogen-bond donors (Lipinski definition) is 1. The number of benzene rings is 3. The van der Waals surface area contributed by atoms with E-state index in [4.69, 9.17) is 0 Å². The van der Waals surface area contributed by atoms with Crippen molar-refractivity contribution in [3.05, 3.63) is 90.2 Å². The molecule has 10 heteroatoms. The van der Waals surface area contributed by atoms with E-state index in [1.54, 1.807) is 37.3 Å². The molecule has 0 saturated carbocycles. The lowest BCUT2D eigenvalue weighted by molar-refractivity contribution is -0.120. The van der Waals surface area contributed by atoms with Gasteiger partial charge in [-0.25, -0.2) is 21.2 Å². The zero-order valence-corrected chi connectivity index (χ0v) is 19.6. The summed E-state index contributed by atoms with van der Waals surface area (Å²) < 4.78 is 64.0. The lowest BCUT2D eigenvalue weighted by Crippen LogP contribution is -2.41. The van der Waals surface area contributed by atoms with Crippen LogP contribution in [0.15, 0.2) is 88.7 Å². The molecule has 0 radical (unpaired) electrons. The molecule has 0 heterocycles. The largest absolute Gasteiger partial charge is 0.348 e. The molecule has 1 atom stereocenters. The molecule has 174 valence electrons. The number of sulfone groups is 1. The standard InChI is InChI=1S/C23H23FN2O5S2/c1-17(18-8-14-21(15-9-18)32(2,28)29)25-23(27)16-26(20-12-10-19(24)11-13-20)33(30,31)22-6-4-3-5-7-22/h3-15,17H,16H2,1-2H3,(H,25,27). The Morgan fingerprint density at radius 1 is 0.879 bits per heavy atom. The summed E-state index contributed by atoms with van der Waals surface area (Å²) in [7, 11) is -7.45. The van der Waals surface area contributed by atoms with Gasteiger partial charge in [0.15, 0.2) is 9.84 Å². The molecule has 0 aliphatic rings. The average Bonchev–Trinajstić information content (AvgIpc) is 2.78. The number of nitrogens with one attached hydrogen (secondary N) is 1. The Morgan fingerprint density at radius 3 is 2.00 bits per heavy atom. The highest BCUT2D eigenvalue weighted by Gasteiger charge is 2.27. The molecule has 0 spiro atoms. The fourth-order valence-electron chi connectivity index (χ4n) is 3.15. The monoisotopic (exact) mass is 490 g/mol. The number of rotatable bonds is 8. The van der Waals surface area contributed by atoms with Crippen LogP contribution in [0.4, 0.5) is 10.1 Å². The van der Waals surface area contributed by atoms with Gasteiger partial charge in [-0.15, -0.1) is 0 Å². The second-order valence-corrected chi connectivity index (χ2v) is 11.3. The Kier molecular flexibility index (Phi) is 7.19. The molecule has 3 aromatic carbocycles. The minimum absolute atomic E-state index is 0.00784. The smallest absolute Gasteiger partial charge is 0.264 e. The van der Waals surface area contributed by atoms with Crippen LogP contribution in [0.3, 0.4) is 0 Å². The first kappa shape index (κ1) is 24.4. The van der Waals surface area contributed by atoms with Crippen LogP contribution < -0.4 is 9.62 Å². The topological polar surface area (TPSA) is 101 Å². The van der Waals surface area contributed by atoms with E-state index in [1.807, 2.05) is 0 Å². The molecule has 7 nitrogen and oxygen atoms in total. The summed E-state index contributed by atoms with van der Waals surface area (Å²) in [4.78, 5) is 12.9. The van der Waals surface area contributed by atoms with Crippen molar-refractivity contribution < 1.29 is 26.0 Å². The molecule has 0 bridgehead atoms. The predicted molar refractivity (Wildman–Crippen MR) is 123 cm³/mol. The van der Waals surface area contributed by atoms with Gasteiger partial charge < -0.3 is 5.32 Å². The van der Waals surface area contributed by atoms with Crippen LogP contribution in [0.5, 0.6) is 0 Å². The van der Waals surface area contributed by atoms with Crippen molar-refractivity contribution in [1.29, 1.82) is 0 Å². The van der Waals surface area contributed by atoms with Crippen molar-refractivity contribution in [3.8, 4) is 0 Å². The van der Waals surface area contributed by atoms with Crippen LogP contribution in [0.1, 0.15) is 18.5 Å². The number of halogens is 1. The number of nitrogens with zero attached hydrogens (tertiary/aromatic N) is 1. The quantitative estimate of drug-likeness (QED) is 0.522. The van der Waals surface area contributed by atoms with Gasteiger partial charge in [-0.2, -0.15) is 0 Å². The first-order valence-electron chi connectivity index (χ1n) is 9.91. The van der Waals surface area contributed by atoms with Crippen LogP contribution in [0.25, 0.3) is 0 Å². The Bertz CT molecular complexity index is 1330. The van der Waals surface area contributed by atoms with Crippen LogP contribution in [0.2, 0.25) is 0 Å². The van der Waals surface area contributed by atoms with Crippen molar-refractivity contribution in [2.24, 2.45) is 0 Å². The molecular weight excluding hydrogens is 467 g/mol. The first-order chi connectivity index (χ1) is 15.5. The molecule has 1 amide bonds. The molecule has 1 unspecified atom stereocenters. The number of hydrogen-bond acceptors (Lipinski definition) is 5. The zero-order valence-electron chi connectivity index (χ0n) is 18.0. The van der Waals surface area contributed by atoms with Crippen LogP contribution >= 0.6 is 0 Å². The fourth-order valence-corrected chi connectivity index (χ4v) is 5.22. The van der Waals surface area contributed by atoms with Gasteiger partial charge in [0, 0.05) is 6.26 Å². The molecule has 1 N–H and O–H groups in total. The molecule has 0 fully saturated rings. The van der Waals surface area contributed by atoms with Crippen molar-refractivity contribution >= 4 is 31.5 Å². The van der Waals surface area contributed by atoms with E-state index in [-0.39, 0.29) is 15.5 Å². The minimum atomic E-state index is -4.10. The van der Waals surface area contributed by atoms with E-state index in [2.05, 4.69) is 5.32 Å². The van der Waals surface area contributed by atoms with Crippen molar-refractivity contribution in [2.45, 2.75) is 22.8 Å². The summed E-state index contributed by atoms with van der Waals surface area (Å²) in [6.45, 7) is 1.16. The second-order valence-electron chi connectivity index (χ2n) is 7.43. The van der Waals surface area contributed by atoms with Gasteiger partial charge in [-0.05, 0) is 61.0 Å². The molecule has 33 heavy (non-hydrogen) atoms. The highest BCUT2D eigenvalue weighted by Crippen LogP contribution is 2.24. The molecule has 0 aliphatic carbocycles. The van der Waals surface area contributed by atoms with Gasteiger partial charge in [0.1, 0.15) is 12.4 Å². The predicted octanol–water partition coefficient (Wildman–Crippen LogP) is 3.30. The maximum Gasteiger partial charge on any atom is 0.264 e. The highest BCUT2D eigenvalue weighted by atomic mass is 32.2. The van der Waals surface area contributed by atoms with Crippen LogP contribution in [0, 0.1) is 5.82 Å². The second kappa shape index (κ2) is 9.72. The first-order valence-corrected chi connectivity index (χ1v) is 13.2. The van der Waals surface area contributed by atoms with E-state index >= 15 is 0 Å². The number of carbonyl (C=O) groups is 1. The highest BCUT2D eigenvalue weighted by molar-refractivity contribution is 7.93. The fraction of sp³-hybridized carbons (Fsp3) is 0.174. The number of carbonyl (C=O) groups excluding carboxylic acids is 1. The van der Waals surface area contributed by atoms with Crippen LogP contribution in [-0.2, 0) is 24.7 Å². The minimum Gasteiger partial charge on any atom is -0.348 e. The lowest BCUT2D eigenvalue weighted by Gasteiger charge is -2.25. The van der Waals surface area contributed by atoms with Gasteiger partial charge in [-0.1, -0.05) is 30.3 Å². The molecule has 3 aromatic rings. The Balaban J connectivity index is 1.84. The molecule has 0 saturated heterocycles. The molecule has 0 aromatic heterocycles. The van der Waals surface area contributed by atoms with E-state index < -0.39 is 44.2 Å². The molecular formula is C23H23FN2O5S2. The van der Waals surface area contributed by atoms with E-state index in [0.29, 0.717) is 5.56 Å². The third-order valence-corrected chi connectivity index (χ3v) is 7.84. The van der Waals surface area contributed by atoms with Crippen molar-refractivity contribution in [1.82, 2.24) is 5.32 Å². The Morgan fingerprint density at radius 2 is 1.45 bits per heavy atom. The van der Waals surface area contributed by atoms with Gasteiger partial charge in [-0.3, -0.25) is 9.10 Å². The summed E-state index contributed by atoms with van der Waals surface area (Å²) >= 11 is 0. The molecule has 3 rings (SSSR count). The maximum atomic E-state index is 13.4. The summed E-state index contributed by atoms with van der Waals surface area (Å²) in [6.07, 6.45) is 1.10. The van der Waals surface area contributed by atoms with Crippen molar-refractivity contribution in [3.63, 3.8) is 0 Å². The van der Waals surface area contributed by atoms with E-state index in [1.165, 1.54) is 36.4 Å². The number of amides is 1. The van der Waals surface area contributed by atoms with Gasteiger partial charge in [0.2, 0.25) is 5.91 Å². The Labute approximate surface area is 192 Å². The average molecular weight is 491 g/mol. The SMILES string of the molecule is CC(NC(=O)CN(c1ccc(F)cc1)S(=O)(=O)c1ccccc1)c1ccc(S(C)(=O)=O)cc1. The van der Waals surface area contributed by atoms with E-state index in [0.717, 1.165) is 22.7 Å². The van der Waals surface area contributed by atoms with Crippen molar-refractivity contribution in [2.75, 3.05) is 17.1 Å². The van der Waals surface area contributed by atoms with E-state index in [9.17, 15) is 26.0 Å². The third-order valence-electron chi connectivity index (χ3n) is 4.92. The summed E-state index contributed by atoms with van der Waals surface area (Å²) in [6, 6.07) is 18.0. The van der Waals surface area contributed by atoms with Gasteiger partial charge >= 0.3 is 0 Å². The summed E-state index contributed by atoms with van der Waals surface area (Å²) in [5.41, 5.74) is 0.788. The lowest BCUT2D eigenvalue weighted by atomic mass is 10.1. The summed E-state index contributed by atoms with van der Waals surface area (Å²) in [5, 5.41) is 2.72. The number of anilines is 1. The van der Waals surface area contributed by atoms with Gasteiger partial charge in [0.05, 0.1) is 21.5 Å². The van der Waals surface area contributed by atoms with Gasteiger partial charge in [0.25, 0.3) is 10.0 Å².